The van der Waals surface area contributed by atoms with Crippen molar-refractivity contribution in [2.24, 2.45) is 5.92 Å². The molecule has 0 amide bonds. The summed E-state index contributed by atoms with van der Waals surface area (Å²) in [6.45, 7) is 16.0. The molecule has 0 heterocycles. The van der Waals surface area contributed by atoms with Crippen LogP contribution >= 0.6 is 0 Å². The molecule has 0 aliphatic carbocycles. The van der Waals surface area contributed by atoms with Gasteiger partial charge in [-0.25, -0.2) is 4.39 Å². The lowest BCUT2D eigenvalue weighted by Gasteiger charge is -2.12. The van der Waals surface area contributed by atoms with E-state index >= 15 is 0 Å². The van der Waals surface area contributed by atoms with Gasteiger partial charge < -0.3 is 0 Å². The van der Waals surface area contributed by atoms with Crippen LogP contribution in [0.5, 0.6) is 0 Å². The zero-order valence-electron chi connectivity index (χ0n) is 13.4. The molecule has 0 N–H and O–H groups in total. The normalized spacial score (nSPS) is 14.7. The number of hydrogen-bond acceptors (Lipinski definition) is 0. The van der Waals surface area contributed by atoms with Crippen molar-refractivity contribution in [2.45, 2.75) is 60.8 Å². The van der Waals surface area contributed by atoms with Crippen LogP contribution in [0.1, 0.15) is 60.8 Å². The van der Waals surface area contributed by atoms with Crippen molar-refractivity contribution in [1.82, 2.24) is 0 Å². The first-order valence-corrected chi connectivity index (χ1v) is 7.18. The molecule has 0 rings (SSSR count). The lowest BCUT2D eigenvalue weighted by Crippen LogP contribution is -1.96. The highest BCUT2D eigenvalue weighted by Crippen LogP contribution is 2.28. The minimum absolute atomic E-state index is 0.0144. The molecule has 0 saturated carbocycles. The minimum Gasteiger partial charge on any atom is -0.207 e. The molecule has 0 aliphatic rings. The summed E-state index contributed by atoms with van der Waals surface area (Å²) in [5.74, 6) is 0.472. The zero-order valence-corrected chi connectivity index (χ0v) is 13.4. The minimum atomic E-state index is -0.0144. The third kappa shape index (κ3) is 7.15. The van der Waals surface area contributed by atoms with E-state index in [0.717, 1.165) is 41.6 Å². The Hall–Kier alpha value is -1.11. The molecule has 0 aromatic carbocycles. The molecule has 108 valence electrons. The monoisotopic (exact) mass is 264 g/mol. The Bertz CT molecular complexity index is 392. The molecule has 0 aromatic rings. The lowest BCUT2D eigenvalue weighted by atomic mass is 9.96. The average Bonchev–Trinajstić information content (AvgIpc) is 2.31. The second kappa shape index (κ2) is 8.90. The summed E-state index contributed by atoms with van der Waals surface area (Å²) in [6, 6.07) is 0. The highest BCUT2D eigenvalue weighted by Gasteiger charge is 2.11. The van der Waals surface area contributed by atoms with Crippen LogP contribution in [-0.4, -0.2) is 0 Å². The maximum atomic E-state index is 14.5. The Morgan fingerprint density at radius 1 is 1.16 bits per heavy atom. The van der Waals surface area contributed by atoms with Crippen LogP contribution in [0, 0.1) is 5.92 Å². The van der Waals surface area contributed by atoms with Gasteiger partial charge in [0.15, 0.2) is 0 Å². The standard InChI is InChI=1S/C18H29F/c1-8-9-17(15(6)11-10-13(2)3)18(19)16(7)12-14(4)5/h10-11,14H,2,8-9,12H2,1,3-7H3/b11-10-,17-15+,18-16-. The fourth-order valence-electron chi connectivity index (χ4n) is 2.06. The molecule has 0 aliphatic heterocycles. The predicted molar refractivity (Wildman–Crippen MR) is 84.8 cm³/mol. The van der Waals surface area contributed by atoms with E-state index in [9.17, 15) is 4.39 Å². The van der Waals surface area contributed by atoms with Gasteiger partial charge in [0, 0.05) is 0 Å². The van der Waals surface area contributed by atoms with E-state index in [1.54, 1.807) is 0 Å². The Morgan fingerprint density at radius 2 is 1.74 bits per heavy atom. The van der Waals surface area contributed by atoms with Gasteiger partial charge in [-0.3, -0.25) is 0 Å². The molecule has 0 fully saturated rings. The molecule has 0 atom stereocenters. The summed E-state index contributed by atoms with van der Waals surface area (Å²) in [6.07, 6.45) is 6.46. The SMILES string of the molecule is C=C(C)\C=C/C(C)=C(CCC)/C(F)=C(\C)CC(C)C. The van der Waals surface area contributed by atoms with Gasteiger partial charge in [0.1, 0.15) is 5.83 Å². The summed E-state index contributed by atoms with van der Waals surface area (Å²) in [5.41, 5.74) is 3.70. The van der Waals surface area contributed by atoms with Crippen molar-refractivity contribution in [1.29, 1.82) is 0 Å². The van der Waals surface area contributed by atoms with Gasteiger partial charge in [-0.1, -0.05) is 51.5 Å². The Morgan fingerprint density at radius 3 is 2.16 bits per heavy atom. The van der Waals surface area contributed by atoms with Gasteiger partial charge in [0.2, 0.25) is 0 Å². The maximum Gasteiger partial charge on any atom is 0.125 e. The molecule has 0 saturated heterocycles. The first kappa shape index (κ1) is 17.9. The Labute approximate surface area is 118 Å². The first-order chi connectivity index (χ1) is 8.79. The van der Waals surface area contributed by atoms with E-state index in [1.807, 2.05) is 32.9 Å². The van der Waals surface area contributed by atoms with Crippen LogP contribution in [0.25, 0.3) is 0 Å². The molecule has 0 spiro atoms. The van der Waals surface area contributed by atoms with Crippen molar-refractivity contribution >= 4 is 0 Å². The Balaban J connectivity index is 5.40. The average molecular weight is 264 g/mol. The molecule has 0 unspecified atom stereocenters. The van der Waals surface area contributed by atoms with E-state index in [2.05, 4.69) is 27.4 Å². The van der Waals surface area contributed by atoms with Gasteiger partial charge in [-0.05, 0) is 56.3 Å². The van der Waals surface area contributed by atoms with Crippen molar-refractivity contribution in [3.63, 3.8) is 0 Å². The molecule has 0 aromatic heterocycles. The molecule has 1 heteroatoms. The maximum absolute atomic E-state index is 14.5. The van der Waals surface area contributed by atoms with Gasteiger partial charge in [-0.2, -0.15) is 0 Å². The zero-order chi connectivity index (χ0) is 15.0. The highest BCUT2D eigenvalue weighted by atomic mass is 19.1. The van der Waals surface area contributed by atoms with Crippen molar-refractivity contribution < 1.29 is 4.39 Å². The quantitative estimate of drug-likeness (QED) is 0.459. The summed E-state index contributed by atoms with van der Waals surface area (Å²) in [5, 5.41) is 0. The largest absolute Gasteiger partial charge is 0.207 e. The summed E-state index contributed by atoms with van der Waals surface area (Å²) in [7, 11) is 0. The van der Waals surface area contributed by atoms with Crippen LogP contribution < -0.4 is 0 Å². The summed E-state index contributed by atoms with van der Waals surface area (Å²) < 4.78 is 14.5. The van der Waals surface area contributed by atoms with Crippen LogP contribution in [0.3, 0.4) is 0 Å². The van der Waals surface area contributed by atoms with Crippen molar-refractivity contribution in [3.05, 3.63) is 46.9 Å². The second-order valence-electron chi connectivity index (χ2n) is 5.78. The number of hydrogen-bond donors (Lipinski definition) is 0. The number of allylic oxidation sites excluding steroid dienone is 7. The molecular formula is C18H29F. The highest BCUT2D eigenvalue weighted by molar-refractivity contribution is 5.39. The third-order valence-corrected chi connectivity index (χ3v) is 2.95. The molecule has 0 radical (unpaired) electrons. The van der Waals surface area contributed by atoms with E-state index in [1.165, 1.54) is 0 Å². The van der Waals surface area contributed by atoms with Crippen LogP contribution in [-0.2, 0) is 0 Å². The fraction of sp³-hybridized carbons (Fsp3) is 0.556. The van der Waals surface area contributed by atoms with Crippen molar-refractivity contribution in [3.8, 4) is 0 Å². The molecule has 19 heavy (non-hydrogen) atoms. The topological polar surface area (TPSA) is 0 Å². The van der Waals surface area contributed by atoms with Gasteiger partial charge in [0.25, 0.3) is 0 Å². The summed E-state index contributed by atoms with van der Waals surface area (Å²) >= 11 is 0. The third-order valence-electron chi connectivity index (χ3n) is 2.95. The molecule has 0 bridgehead atoms. The van der Waals surface area contributed by atoms with Gasteiger partial charge in [-0.15, -0.1) is 0 Å². The van der Waals surface area contributed by atoms with E-state index in [0.29, 0.717) is 5.92 Å². The van der Waals surface area contributed by atoms with Gasteiger partial charge in [0.05, 0.1) is 0 Å². The first-order valence-electron chi connectivity index (χ1n) is 7.18. The van der Waals surface area contributed by atoms with E-state index in [-0.39, 0.29) is 5.83 Å². The fourth-order valence-corrected chi connectivity index (χ4v) is 2.06. The van der Waals surface area contributed by atoms with E-state index in [4.69, 9.17) is 0 Å². The number of halogens is 1. The van der Waals surface area contributed by atoms with Crippen molar-refractivity contribution in [2.75, 3.05) is 0 Å². The molecular weight excluding hydrogens is 235 g/mol. The number of rotatable bonds is 7. The predicted octanol–water partition coefficient (Wildman–Crippen LogP) is 6.52. The summed E-state index contributed by atoms with van der Waals surface area (Å²) in [4.78, 5) is 0. The van der Waals surface area contributed by atoms with Gasteiger partial charge >= 0.3 is 0 Å². The molecule has 0 nitrogen and oxygen atoms in total. The lowest BCUT2D eigenvalue weighted by molar-refractivity contribution is 0.579. The van der Waals surface area contributed by atoms with Crippen LogP contribution in [0.2, 0.25) is 0 Å². The van der Waals surface area contributed by atoms with Crippen LogP contribution in [0.4, 0.5) is 4.39 Å². The second-order valence-corrected chi connectivity index (χ2v) is 5.78. The van der Waals surface area contributed by atoms with E-state index < -0.39 is 0 Å². The smallest absolute Gasteiger partial charge is 0.125 e. The Kier molecular flexibility index (Phi) is 8.38. The van der Waals surface area contributed by atoms with Crippen LogP contribution in [0.15, 0.2) is 46.9 Å².